The zero-order valence-electron chi connectivity index (χ0n) is 11.1. The standard InChI is InChI=1S/C13H28N2O/c1-4-8-15(10-13(2,3)9-14)11-6-5-7-12(11)16/h11-12,16H,4-10,14H2,1-3H3. The molecule has 1 aliphatic rings. The molecule has 1 fully saturated rings. The number of aliphatic hydroxyl groups is 1. The van der Waals surface area contributed by atoms with Crippen molar-refractivity contribution < 1.29 is 5.11 Å². The Bertz CT molecular complexity index is 206. The van der Waals surface area contributed by atoms with Crippen LogP contribution in [-0.2, 0) is 0 Å². The van der Waals surface area contributed by atoms with E-state index in [1.165, 1.54) is 0 Å². The van der Waals surface area contributed by atoms with Gasteiger partial charge in [0.2, 0.25) is 0 Å². The summed E-state index contributed by atoms with van der Waals surface area (Å²) in [6, 6.07) is 0.366. The summed E-state index contributed by atoms with van der Waals surface area (Å²) in [5.74, 6) is 0. The molecule has 1 saturated carbocycles. The molecule has 3 nitrogen and oxygen atoms in total. The van der Waals surface area contributed by atoms with Gasteiger partial charge in [0, 0.05) is 12.6 Å². The van der Waals surface area contributed by atoms with E-state index in [9.17, 15) is 5.11 Å². The molecule has 96 valence electrons. The first-order chi connectivity index (χ1) is 7.50. The van der Waals surface area contributed by atoms with Crippen molar-refractivity contribution in [1.29, 1.82) is 0 Å². The average Bonchev–Trinajstić information content (AvgIpc) is 2.64. The third kappa shape index (κ3) is 3.72. The van der Waals surface area contributed by atoms with E-state index in [2.05, 4.69) is 25.7 Å². The molecule has 1 rings (SSSR count). The summed E-state index contributed by atoms with van der Waals surface area (Å²) in [5, 5.41) is 9.98. The molecular formula is C13H28N2O. The van der Waals surface area contributed by atoms with Crippen LogP contribution in [0.1, 0.15) is 46.5 Å². The molecule has 1 aliphatic carbocycles. The molecule has 0 aromatic heterocycles. The van der Waals surface area contributed by atoms with E-state index in [0.717, 1.165) is 38.8 Å². The second kappa shape index (κ2) is 5.99. The van der Waals surface area contributed by atoms with Crippen LogP contribution in [0.25, 0.3) is 0 Å². The summed E-state index contributed by atoms with van der Waals surface area (Å²) < 4.78 is 0. The van der Waals surface area contributed by atoms with Crippen molar-refractivity contribution in [1.82, 2.24) is 4.90 Å². The lowest BCUT2D eigenvalue weighted by molar-refractivity contribution is 0.0486. The molecule has 0 spiro atoms. The van der Waals surface area contributed by atoms with Gasteiger partial charge >= 0.3 is 0 Å². The molecule has 2 atom stereocenters. The lowest BCUT2D eigenvalue weighted by Gasteiger charge is -2.37. The van der Waals surface area contributed by atoms with Crippen LogP contribution < -0.4 is 5.73 Å². The van der Waals surface area contributed by atoms with Crippen molar-refractivity contribution in [2.75, 3.05) is 19.6 Å². The summed E-state index contributed by atoms with van der Waals surface area (Å²) in [7, 11) is 0. The van der Waals surface area contributed by atoms with Gasteiger partial charge in [-0.1, -0.05) is 20.8 Å². The fourth-order valence-corrected chi connectivity index (χ4v) is 2.61. The first kappa shape index (κ1) is 13.9. The number of nitrogens with zero attached hydrogens (tertiary/aromatic N) is 1. The fraction of sp³-hybridized carbons (Fsp3) is 1.00. The van der Waals surface area contributed by atoms with E-state index >= 15 is 0 Å². The van der Waals surface area contributed by atoms with Crippen molar-refractivity contribution in [2.45, 2.75) is 58.6 Å². The van der Waals surface area contributed by atoms with Crippen molar-refractivity contribution in [3.8, 4) is 0 Å². The summed E-state index contributed by atoms with van der Waals surface area (Å²) in [6.07, 6.45) is 4.29. The van der Waals surface area contributed by atoms with Crippen LogP contribution in [0.3, 0.4) is 0 Å². The summed E-state index contributed by atoms with van der Waals surface area (Å²) in [6.45, 7) is 9.39. The van der Waals surface area contributed by atoms with Crippen LogP contribution in [0.5, 0.6) is 0 Å². The van der Waals surface area contributed by atoms with Crippen LogP contribution >= 0.6 is 0 Å². The van der Waals surface area contributed by atoms with Crippen molar-refractivity contribution in [3.63, 3.8) is 0 Å². The normalized spacial score (nSPS) is 26.6. The van der Waals surface area contributed by atoms with E-state index in [0.29, 0.717) is 12.6 Å². The minimum atomic E-state index is -0.125. The second-order valence-electron chi connectivity index (χ2n) is 5.90. The van der Waals surface area contributed by atoms with Gasteiger partial charge in [0.05, 0.1) is 6.10 Å². The Morgan fingerprint density at radius 3 is 2.50 bits per heavy atom. The molecule has 0 amide bonds. The molecule has 3 N–H and O–H groups in total. The molecule has 0 aliphatic heterocycles. The number of hydrogen-bond donors (Lipinski definition) is 2. The van der Waals surface area contributed by atoms with Gasteiger partial charge in [-0.2, -0.15) is 0 Å². The zero-order chi connectivity index (χ0) is 12.2. The van der Waals surface area contributed by atoms with Crippen LogP contribution in [-0.4, -0.2) is 41.8 Å². The zero-order valence-corrected chi connectivity index (χ0v) is 11.1. The second-order valence-corrected chi connectivity index (χ2v) is 5.90. The minimum Gasteiger partial charge on any atom is -0.391 e. The van der Waals surface area contributed by atoms with Crippen LogP contribution in [0.2, 0.25) is 0 Å². The minimum absolute atomic E-state index is 0.125. The highest BCUT2D eigenvalue weighted by Gasteiger charge is 2.32. The molecule has 0 saturated heterocycles. The molecule has 0 aromatic rings. The van der Waals surface area contributed by atoms with Crippen LogP contribution in [0, 0.1) is 5.41 Å². The maximum atomic E-state index is 9.98. The first-order valence-corrected chi connectivity index (χ1v) is 6.62. The van der Waals surface area contributed by atoms with E-state index < -0.39 is 0 Å². The molecule has 16 heavy (non-hydrogen) atoms. The Balaban J connectivity index is 2.59. The number of aliphatic hydroxyl groups excluding tert-OH is 1. The summed E-state index contributed by atoms with van der Waals surface area (Å²) in [4.78, 5) is 2.45. The van der Waals surface area contributed by atoms with Crippen LogP contribution in [0.15, 0.2) is 0 Å². The van der Waals surface area contributed by atoms with Crippen LogP contribution in [0.4, 0.5) is 0 Å². The first-order valence-electron chi connectivity index (χ1n) is 6.62. The average molecular weight is 228 g/mol. The maximum Gasteiger partial charge on any atom is 0.0695 e. The Kier molecular flexibility index (Phi) is 5.22. The Labute approximate surface area is 100 Å². The van der Waals surface area contributed by atoms with Gasteiger partial charge in [0.15, 0.2) is 0 Å². The molecule has 0 bridgehead atoms. The van der Waals surface area contributed by atoms with Gasteiger partial charge in [-0.3, -0.25) is 4.90 Å². The molecule has 0 aromatic carbocycles. The molecule has 3 heteroatoms. The highest BCUT2D eigenvalue weighted by Crippen LogP contribution is 2.27. The SMILES string of the molecule is CCCN(CC(C)(C)CN)C1CCCC1O. The number of hydrogen-bond acceptors (Lipinski definition) is 3. The highest BCUT2D eigenvalue weighted by atomic mass is 16.3. The Hall–Kier alpha value is -0.120. The van der Waals surface area contributed by atoms with Gasteiger partial charge in [-0.05, 0) is 44.2 Å². The molecule has 2 unspecified atom stereocenters. The third-order valence-electron chi connectivity index (χ3n) is 3.61. The van der Waals surface area contributed by atoms with Gasteiger partial charge in [0.1, 0.15) is 0 Å². The lowest BCUT2D eigenvalue weighted by atomic mass is 9.92. The monoisotopic (exact) mass is 228 g/mol. The largest absolute Gasteiger partial charge is 0.391 e. The highest BCUT2D eigenvalue weighted by molar-refractivity contribution is 4.87. The maximum absolute atomic E-state index is 9.98. The van der Waals surface area contributed by atoms with E-state index in [1.807, 2.05) is 0 Å². The van der Waals surface area contributed by atoms with E-state index in [-0.39, 0.29) is 11.5 Å². The third-order valence-corrected chi connectivity index (χ3v) is 3.61. The fourth-order valence-electron chi connectivity index (χ4n) is 2.61. The predicted octanol–water partition coefficient (Wildman–Crippen LogP) is 1.60. The Morgan fingerprint density at radius 1 is 1.38 bits per heavy atom. The topological polar surface area (TPSA) is 49.5 Å². The van der Waals surface area contributed by atoms with Crippen molar-refractivity contribution in [3.05, 3.63) is 0 Å². The predicted molar refractivity (Wildman–Crippen MR) is 68.3 cm³/mol. The summed E-state index contributed by atoms with van der Waals surface area (Å²) >= 11 is 0. The van der Waals surface area contributed by atoms with E-state index in [4.69, 9.17) is 5.73 Å². The Morgan fingerprint density at radius 2 is 2.06 bits per heavy atom. The lowest BCUT2D eigenvalue weighted by Crippen LogP contribution is -2.47. The molecular weight excluding hydrogens is 200 g/mol. The van der Waals surface area contributed by atoms with Crippen molar-refractivity contribution >= 4 is 0 Å². The summed E-state index contributed by atoms with van der Waals surface area (Å²) in [5.41, 5.74) is 5.95. The quantitative estimate of drug-likeness (QED) is 0.726. The van der Waals surface area contributed by atoms with E-state index in [1.54, 1.807) is 0 Å². The van der Waals surface area contributed by atoms with Crippen molar-refractivity contribution in [2.24, 2.45) is 11.1 Å². The van der Waals surface area contributed by atoms with Gasteiger partial charge in [-0.15, -0.1) is 0 Å². The number of nitrogens with two attached hydrogens (primary N) is 1. The smallest absolute Gasteiger partial charge is 0.0695 e. The molecule has 0 radical (unpaired) electrons. The van der Waals surface area contributed by atoms with Gasteiger partial charge in [0.25, 0.3) is 0 Å². The number of rotatable bonds is 6. The van der Waals surface area contributed by atoms with Gasteiger partial charge < -0.3 is 10.8 Å². The van der Waals surface area contributed by atoms with Gasteiger partial charge in [-0.25, -0.2) is 0 Å². The molecule has 0 heterocycles.